The summed E-state index contributed by atoms with van der Waals surface area (Å²) in [7, 11) is 1.98. The monoisotopic (exact) mass is 360 g/mol. The summed E-state index contributed by atoms with van der Waals surface area (Å²) in [6.45, 7) is 4.03. The second-order valence-corrected chi connectivity index (χ2v) is 6.17. The van der Waals surface area contributed by atoms with Crippen LogP contribution in [0.4, 0.5) is 0 Å². The fourth-order valence-electron chi connectivity index (χ4n) is 3.33. The summed E-state index contributed by atoms with van der Waals surface area (Å²) in [4.78, 5) is 17.1. The Morgan fingerprint density at radius 2 is 2.24 bits per heavy atom. The van der Waals surface area contributed by atoms with Gasteiger partial charge in [-0.05, 0) is 18.6 Å². The largest absolute Gasteiger partial charge is 0.343 e. The second-order valence-electron chi connectivity index (χ2n) is 6.17. The molecule has 132 valence electrons. The minimum atomic E-state index is -0.167. The topological polar surface area (TPSA) is 87.6 Å². The number of nitrogens with one attached hydrogen (secondary N) is 3. The highest BCUT2D eigenvalue weighted by atomic mass is 35.5. The van der Waals surface area contributed by atoms with E-state index in [4.69, 9.17) is 0 Å². The maximum Gasteiger partial charge on any atom is 0.272 e. The molecule has 0 bridgehead atoms. The van der Waals surface area contributed by atoms with Crippen LogP contribution in [-0.4, -0.2) is 32.2 Å². The zero-order valence-electron chi connectivity index (χ0n) is 14.2. The molecule has 0 saturated heterocycles. The van der Waals surface area contributed by atoms with Crippen molar-refractivity contribution in [3.05, 3.63) is 46.5 Å². The van der Waals surface area contributed by atoms with Crippen LogP contribution in [0.2, 0.25) is 0 Å². The first kappa shape index (κ1) is 17.4. The maximum absolute atomic E-state index is 12.5. The van der Waals surface area contributed by atoms with E-state index in [1.54, 1.807) is 0 Å². The van der Waals surface area contributed by atoms with E-state index in [1.165, 1.54) is 5.56 Å². The van der Waals surface area contributed by atoms with E-state index >= 15 is 0 Å². The third-order valence-corrected chi connectivity index (χ3v) is 4.62. The summed E-state index contributed by atoms with van der Waals surface area (Å²) in [5.74, 6) is 0.662. The number of carbonyl (C=O) groups excluding carboxylic acids is 1. The van der Waals surface area contributed by atoms with Crippen LogP contribution in [0.1, 0.15) is 33.1 Å². The Kier molecular flexibility index (Phi) is 4.78. The molecular formula is C17H21ClN6O. The highest BCUT2D eigenvalue weighted by Gasteiger charge is 2.21. The van der Waals surface area contributed by atoms with Crippen LogP contribution >= 0.6 is 12.4 Å². The van der Waals surface area contributed by atoms with Crippen LogP contribution < -0.4 is 10.6 Å². The predicted molar refractivity (Wildman–Crippen MR) is 97.9 cm³/mol. The molecule has 2 aromatic heterocycles. The molecule has 0 spiro atoms. The minimum Gasteiger partial charge on any atom is -0.343 e. The van der Waals surface area contributed by atoms with Crippen LogP contribution in [0.15, 0.2) is 18.2 Å². The molecule has 8 heteroatoms. The van der Waals surface area contributed by atoms with E-state index < -0.39 is 0 Å². The van der Waals surface area contributed by atoms with E-state index in [0.29, 0.717) is 18.8 Å². The van der Waals surface area contributed by atoms with Crippen molar-refractivity contribution in [2.45, 2.75) is 26.4 Å². The average Bonchev–Trinajstić information content (AvgIpc) is 3.15. The molecule has 3 N–H and O–H groups in total. The van der Waals surface area contributed by atoms with Crippen molar-refractivity contribution in [3.8, 4) is 0 Å². The molecule has 0 saturated carbocycles. The quantitative estimate of drug-likeness (QED) is 0.662. The molecule has 0 unspecified atom stereocenters. The number of carbonyl (C=O) groups is 1. The molecule has 0 radical (unpaired) electrons. The molecule has 25 heavy (non-hydrogen) atoms. The maximum atomic E-state index is 12.5. The smallest absolute Gasteiger partial charge is 0.272 e. The minimum absolute atomic E-state index is 0. The molecule has 0 aliphatic carbocycles. The Bertz CT molecular complexity index is 929. The zero-order valence-corrected chi connectivity index (χ0v) is 15.0. The Balaban J connectivity index is 0.00000182. The fourth-order valence-corrected chi connectivity index (χ4v) is 3.33. The number of H-pyrrole nitrogens is 1. The van der Waals surface area contributed by atoms with E-state index in [1.807, 2.05) is 23.7 Å². The van der Waals surface area contributed by atoms with E-state index in [9.17, 15) is 4.79 Å². The summed E-state index contributed by atoms with van der Waals surface area (Å²) in [5, 5.41) is 13.4. The fraction of sp³-hybridized carbons (Fsp3) is 0.353. The van der Waals surface area contributed by atoms with E-state index in [0.717, 1.165) is 41.1 Å². The lowest BCUT2D eigenvalue weighted by atomic mass is 10.1. The molecule has 0 fully saturated rings. The summed E-state index contributed by atoms with van der Waals surface area (Å²) >= 11 is 0. The number of para-hydroxylation sites is 1. The number of fused-ring (bicyclic) bond motifs is 2. The number of hydrogen-bond donors (Lipinski definition) is 3. The van der Waals surface area contributed by atoms with Gasteiger partial charge in [-0.25, -0.2) is 4.98 Å². The van der Waals surface area contributed by atoms with Gasteiger partial charge >= 0.3 is 0 Å². The van der Waals surface area contributed by atoms with Crippen LogP contribution in [0.25, 0.3) is 11.0 Å². The van der Waals surface area contributed by atoms with Gasteiger partial charge in [0.15, 0.2) is 5.69 Å². The van der Waals surface area contributed by atoms with E-state index in [-0.39, 0.29) is 18.3 Å². The lowest BCUT2D eigenvalue weighted by Crippen LogP contribution is -2.28. The normalized spacial score (nSPS) is 13.4. The van der Waals surface area contributed by atoms with Gasteiger partial charge in [-0.1, -0.05) is 12.1 Å². The second kappa shape index (κ2) is 6.85. The van der Waals surface area contributed by atoms with Crippen molar-refractivity contribution in [1.29, 1.82) is 0 Å². The SMILES string of the molecule is Cc1cccc2nc(CNC(=O)c3n[nH]c4c3CNCC4)n(C)c12.Cl. The summed E-state index contributed by atoms with van der Waals surface area (Å²) in [6, 6.07) is 6.05. The predicted octanol–water partition coefficient (Wildman–Crippen LogP) is 1.60. The number of aromatic amines is 1. The number of amides is 1. The molecule has 1 aliphatic heterocycles. The zero-order chi connectivity index (χ0) is 16.7. The molecular weight excluding hydrogens is 340 g/mol. The molecule has 7 nitrogen and oxygen atoms in total. The van der Waals surface area contributed by atoms with Gasteiger partial charge in [0.2, 0.25) is 0 Å². The first-order valence-corrected chi connectivity index (χ1v) is 8.11. The van der Waals surface area contributed by atoms with Crippen LogP contribution in [0, 0.1) is 6.92 Å². The Hall–Kier alpha value is -2.38. The third kappa shape index (κ3) is 3.01. The van der Waals surface area contributed by atoms with Gasteiger partial charge in [0.25, 0.3) is 5.91 Å². The number of rotatable bonds is 3. The molecule has 1 aromatic carbocycles. The number of imidazole rings is 1. The Labute approximate surface area is 151 Å². The summed E-state index contributed by atoms with van der Waals surface area (Å²) < 4.78 is 2.03. The molecule has 3 aromatic rings. The lowest BCUT2D eigenvalue weighted by molar-refractivity contribution is 0.0943. The van der Waals surface area contributed by atoms with Crippen LogP contribution in [0.3, 0.4) is 0 Å². The summed E-state index contributed by atoms with van der Waals surface area (Å²) in [5.41, 5.74) is 5.72. The molecule has 1 amide bonds. The third-order valence-electron chi connectivity index (χ3n) is 4.62. The van der Waals surface area contributed by atoms with Crippen LogP contribution in [-0.2, 0) is 26.6 Å². The van der Waals surface area contributed by atoms with Gasteiger partial charge in [-0.2, -0.15) is 5.10 Å². The van der Waals surface area contributed by atoms with Crippen molar-refractivity contribution in [2.24, 2.45) is 7.05 Å². The van der Waals surface area contributed by atoms with Gasteiger partial charge in [0.05, 0.1) is 17.6 Å². The summed E-state index contributed by atoms with van der Waals surface area (Å²) in [6.07, 6.45) is 0.875. The van der Waals surface area contributed by atoms with Gasteiger partial charge in [-0.15, -0.1) is 12.4 Å². The van der Waals surface area contributed by atoms with Gasteiger partial charge in [0.1, 0.15) is 5.82 Å². The first-order chi connectivity index (χ1) is 11.6. The van der Waals surface area contributed by atoms with Crippen molar-refractivity contribution >= 4 is 29.3 Å². The van der Waals surface area contributed by atoms with Crippen molar-refractivity contribution < 1.29 is 4.79 Å². The highest BCUT2D eigenvalue weighted by Crippen LogP contribution is 2.19. The van der Waals surface area contributed by atoms with Gasteiger partial charge in [0, 0.05) is 37.8 Å². The standard InChI is InChI=1S/C17H20N6O.ClH/c1-10-4-3-5-13-16(10)23(2)14(20-13)9-19-17(24)15-11-8-18-7-6-12(11)21-22-15;/h3-5,18H,6-9H2,1-2H3,(H,19,24)(H,21,22);1H. The van der Waals surface area contributed by atoms with Crippen LogP contribution in [0.5, 0.6) is 0 Å². The Morgan fingerprint density at radius 3 is 3.04 bits per heavy atom. The van der Waals surface area contributed by atoms with Gasteiger partial charge < -0.3 is 15.2 Å². The number of halogens is 1. The van der Waals surface area contributed by atoms with Crippen molar-refractivity contribution in [3.63, 3.8) is 0 Å². The lowest BCUT2D eigenvalue weighted by Gasteiger charge is -2.12. The number of benzene rings is 1. The molecule has 3 heterocycles. The average molecular weight is 361 g/mol. The van der Waals surface area contributed by atoms with Gasteiger partial charge in [-0.3, -0.25) is 9.89 Å². The Morgan fingerprint density at radius 1 is 1.40 bits per heavy atom. The molecule has 4 rings (SSSR count). The number of aromatic nitrogens is 4. The number of aryl methyl sites for hydroxylation is 2. The van der Waals surface area contributed by atoms with E-state index in [2.05, 4.69) is 38.8 Å². The highest BCUT2D eigenvalue weighted by molar-refractivity contribution is 5.94. The molecule has 1 aliphatic rings. The van der Waals surface area contributed by atoms with Crippen molar-refractivity contribution in [2.75, 3.05) is 6.54 Å². The molecule has 0 atom stereocenters. The number of nitrogens with zero attached hydrogens (tertiary/aromatic N) is 3. The first-order valence-electron chi connectivity index (χ1n) is 8.11. The van der Waals surface area contributed by atoms with Crippen molar-refractivity contribution in [1.82, 2.24) is 30.4 Å². The number of hydrogen-bond acceptors (Lipinski definition) is 4.